The normalized spacial score (nSPS) is 11.3. The van der Waals surface area contributed by atoms with Crippen LogP contribution in [0.1, 0.15) is 0 Å². The van der Waals surface area contributed by atoms with Crippen LogP contribution in [-0.2, 0) is 10.0 Å². The van der Waals surface area contributed by atoms with Gasteiger partial charge in [0, 0.05) is 17.3 Å². The number of anilines is 1. The summed E-state index contributed by atoms with van der Waals surface area (Å²) in [5.41, 5.74) is 5.60. The molecule has 0 atom stereocenters. The Morgan fingerprint density at radius 2 is 2.14 bits per heavy atom. The average Bonchev–Trinajstić information content (AvgIpc) is 2.02. The number of benzene rings is 1. The van der Waals surface area contributed by atoms with Crippen molar-refractivity contribution in [3.63, 3.8) is 0 Å². The highest BCUT2D eigenvalue weighted by Gasteiger charge is 2.08. The van der Waals surface area contributed by atoms with Gasteiger partial charge in [-0.25, -0.2) is 8.42 Å². The van der Waals surface area contributed by atoms with Crippen LogP contribution in [0.3, 0.4) is 0 Å². The van der Waals surface area contributed by atoms with Crippen LogP contribution < -0.4 is 10.5 Å². The van der Waals surface area contributed by atoms with Gasteiger partial charge in [-0.15, -0.1) is 0 Å². The first-order chi connectivity index (χ1) is 6.53. The molecule has 0 amide bonds. The summed E-state index contributed by atoms with van der Waals surface area (Å²) in [4.78, 5) is 0. The van der Waals surface area contributed by atoms with Crippen LogP contribution in [0.15, 0.2) is 24.3 Å². The quantitative estimate of drug-likeness (QED) is 0.818. The molecule has 0 fully saturated rings. The van der Waals surface area contributed by atoms with Gasteiger partial charge >= 0.3 is 0 Å². The maximum atomic E-state index is 11.3. The predicted octanol–water partition coefficient (Wildman–Crippen LogP) is 1.04. The third-order valence-electron chi connectivity index (χ3n) is 1.48. The Kier molecular flexibility index (Phi) is 3.74. The molecule has 0 aliphatic carbocycles. The molecule has 0 aliphatic rings. The summed E-state index contributed by atoms with van der Waals surface area (Å²) in [6, 6.07) is 6.50. The van der Waals surface area contributed by atoms with Crippen LogP contribution in [0.25, 0.3) is 0 Å². The molecule has 0 heterocycles. The summed E-state index contributed by atoms with van der Waals surface area (Å²) >= 11 is 5.69. The second-order valence-corrected chi connectivity index (χ2v) is 5.00. The first kappa shape index (κ1) is 11.3. The van der Waals surface area contributed by atoms with Crippen LogP contribution in [0.4, 0.5) is 5.69 Å². The molecule has 78 valence electrons. The van der Waals surface area contributed by atoms with Crippen LogP contribution >= 0.6 is 11.6 Å². The summed E-state index contributed by atoms with van der Waals surface area (Å²) in [5, 5.41) is 0.484. The van der Waals surface area contributed by atoms with E-state index in [4.69, 9.17) is 17.3 Å². The van der Waals surface area contributed by atoms with Crippen LogP contribution in [0.5, 0.6) is 0 Å². The van der Waals surface area contributed by atoms with Crippen molar-refractivity contribution in [3.05, 3.63) is 29.3 Å². The number of hydrogen-bond donors (Lipinski definition) is 2. The lowest BCUT2D eigenvalue weighted by Crippen LogP contribution is -2.22. The Hall–Kier alpha value is -0.780. The molecule has 0 aliphatic heterocycles. The van der Waals surface area contributed by atoms with E-state index in [0.29, 0.717) is 10.7 Å². The van der Waals surface area contributed by atoms with E-state index in [2.05, 4.69) is 4.72 Å². The standard InChI is InChI=1S/C8H11ClN2O2S/c9-7-2-1-3-8(6-7)11-14(12,13)5-4-10/h1-3,6,11H,4-5,10H2. The first-order valence-electron chi connectivity index (χ1n) is 3.99. The minimum atomic E-state index is -3.34. The van der Waals surface area contributed by atoms with Gasteiger partial charge in [-0.05, 0) is 18.2 Å². The maximum Gasteiger partial charge on any atom is 0.233 e. The molecule has 1 aromatic rings. The Balaban J connectivity index is 2.79. The van der Waals surface area contributed by atoms with Crippen molar-refractivity contribution in [1.29, 1.82) is 0 Å². The third-order valence-corrected chi connectivity index (χ3v) is 3.04. The summed E-state index contributed by atoms with van der Waals surface area (Å²) in [6.07, 6.45) is 0. The van der Waals surface area contributed by atoms with Crippen molar-refractivity contribution in [1.82, 2.24) is 0 Å². The minimum Gasteiger partial charge on any atom is -0.329 e. The second kappa shape index (κ2) is 4.63. The Bertz CT molecular complexity index is 406. The molecule has 0 spiro atoms. The Morgan fingerprint density at radius 3 is 2.71 bits per heavy atom. The van der Waals surface area contributed by atoms with E-state index in [0.717, 1.165) is 0 Å². The molecule has 0 radical (unpaired) electrons. The lowest BCUT2D eigenvalue weighted by Gasteiger charge is -2.06. The first-order valence-corrected chi connectivity index (χ1v) is 6.02. The zero-order valence-electron chi connectivity index (χ0n) is 7.40. The smallest absolute Gasteiger partial charge is 0.233 e. The number of rotatable bonds is 4. The largest absolute Gasteiger partial charge is 0.329 e. The van der Waals surface area contributed by atoms with E-state index in [1.165, 1.54) is 6.07 Å². The van der Waals surface area contributed by atoms with Gasteiger partial charge in [0.2, 0.25) is 10.0 Å². The number of halogens is 1. The maximum absolute atomic E-state index is 11.3. The molecule has 0 saturated heterocycles. The van der Waals surface area contributed by atoms with Crippen molar-refractivity contribution in [2.45, 2.75) is 0 Å². The molecule has 0 bridgehead atoms. The minimum absolute atomic E-state index is 0.0932. The van der Waals surface area contributed by atoms with Crippen LogP contribution in [-0.4, -0.2) is 20.7 Å². The van der Waals surface area contributed by atoms with Crippen molar-refractivity contribution in [2.24, 2.45) is 5.73 Å². The fraction of sp³-hybridized carbons (Fsp3) is 0.250. The van der Waals surface area contributed by atoms with Gasteiger partial charge in [-0.3, -0.25) is 4.72 Å². The van der Waals surface area contributed by atoms with Crippen molar-refractivity contribution in [3.8, 4) is 0 Å². The number of nitrogens with one attached hydrogen (secondary N) is 1. The molecule has 0 aromatic heterocycles. The van der Waals surface area contributed by atoms with E-state index in [-0.39, 0.29) is 12.3 Å². The van der Waals surface area contributed by atoms with Crippen LogP contribution in [0, 0.1) is 0 Å². The highest BCUT2D eigenvalue weighted by molar-refractivity contribution is 7.92. The van der Waals surface area contributed by atoms with Gasteiger partial charge in [0.25, 0.3) is 0 Å². The van der Waals surface area contributed by atoms with E-state index < -0.39 is 10.0 Å². The van der Waals surface area contributed by atoms with E-state index in [1.54, 1.807) is 18.2 Å². The lowest BCUT2D eigenvalue weighted by atomic mass is 10.3. The van der Waals surface area contributed by atoms with E-state index in [1.807, 2.05) is 0 Å². The average molecular weight is 235 g/mol. The highest BCUT2D eigenvalue weighted by atomic mass is 35.5. The zero-order chi connectivity index (χ0) is 10.6. The van der Waals surface area contributed by atoms with Gasteiger partial charge in [-0.1, -0.05) is 17.7 Å². The molecule has 0 saturated carbocycles. The zero-order valence-corrected chi connectivity index (χ0v) is 8.98. The molecule has 4 nitrogen and oxygen atoms in total. The molecular weight excluding hydrogens is 224 g/mol. The summed E-state index contributed by atoms with van der Waals surface area (Å²) in [5.74, 6) is -0.0977. The third kappa shape index (κ3) is 3.53. The monoisotopic (exact) mass is 234 g/mol. The Morgan fingerprint density at radius 1 is 1.43 bits per heavy atom. The molecule has 14 heavy (non-hydrogen) atoms. The van der Waals surface area contributed by atoms with Crippen LogP contribution in [0.2, 0.25) is 5.02 Å². The SMILES string of the molecule is NCCS(=O)(=O)Nc1cccc(Cl)c1. The number of nitrogens with two attached hydrogens (primary N) is 1. The fourth-order valence-electron chi connectivity index (χ4n) is 0.938. The van der Waals surface area contributed by atoms with Gasteiger partial charge in [0.1, 0.15) is 0 Å². The summed E-state index contributed by atoms with van der Waals surface area (Å²) in [6.45, 7) is 0.0932. The van der Waals surface area contributed by atoms with E-state index >= 15 is 0 Å². The molecular formula is C8H11ClN2O2S. The van der Waals surface area contributed by atoms with Crippen molar-refractivity contribution < 1.29 is 8.42 Å². The molecule has 0 unspecified atom stereocenters. The van der Waals surface area contributed by atoms with Gasteiger partial charge < -0.3 is 5.73 Å². The fourth-order valence-corrected chi connectivity index (χ4v) is 2.03. The predicted molar refractivity (Wildman–Crippen MR) is 57.9 cm³/mol. The van der Waals surface area contributed by atoms with Gasteiger partial charge in [0.15, 0.2) is 0 Å². The molecule has 6 heteroatoms. The number of hydrogen-bond acceptors (Lipinski definition) is 3. The topological polar surface area (TPSA) is 72.2 Å². The molecule has 1 rings (SSSR count). The molecule has 1 aromatic carbocycles. The summed E-state index contributed by atoms with van der Waals surface area (Å²) in [7, 11) is -3.34. The van der Waals surface area contributed by atoms with Crippen molar-refractivity contribution >= 4 is 27.3 Å². The second-order valence-electron chi connectivity index (χ2n) is 2.72. The highest BCUT2D eigenvalue weighted by Crippen LogP contribution is 2.15. The van der Waals surface area contributed by atoms with Crippen molar-refractivity contribution in [2.75, 3.05) is 17.0 Å². The van der Waals surface area contributed by atoms with Gasteiger partial charge in [0.05, 0.1) is 5.75 Å². The summed E-state index contributed by atoms with van der Waals surface area (Å²) < 4.78 is 24.9. The Labute approximate surface area is 88.1 Å². The number of sulfonamides is 1. The lowest BCUT2D eigenvalue weighted by molar-refractivity contribution is 0.601. The van der Waals surface area contributed by atoms with E-state index in [9.17, 15) is 8.42 Å². The van der Waals surface area contributed by atoms with Gasteiger partial charge in [-0.2, -0.15) is 0 Å². The molecule has 3 N–H and O–H groups in total.